The minimum atomic E-state index is -1.08. The average Bonchev–Trinajstić information content (AvgIpc) is 2.86. The Labute approximate surface area is 119 Å². The van der Waals surface area contributed by atoms with Crippen LogP contribution < -0.4 is 10.6 Å². The number of amides is 2. The lowest BCUT2D eigenvalue weighted by Gasteiger charge is -2.25. The summed E-state index contributed by atoms with van der Waals surface area (Å²) in [4.78, 5) is 25.1. The number of hydrogen-bond acceptors (Lipinski definition) is 4. The number of urea groups is 1. The van der Waals surface area contributed by atoms with E-state index < -0.39 is 17.5 Å². The number of carboxylic acids is 1. The van der Waals surface area contributed by atoms with E-state index in [4.69, 9.17) is 4.74 Å². The number of ether oxygens (including phenoxy) is 1. The highest BCUT2D eigenvalue weighted by atomic mass is 16.5. The van der Waals surface area contributed by atoms with E-state index in [2.05, 4.69) is 10.6 Å². The molecule has 0 heterocycles. The maximum atomic E-state index is 11.8. The minimum Gasteiger partial charge on any atom is -0.480 e. The molecule has 1 rings (SSSR count). The highest BCUT2D eigenvalue weighted by molar-refractivity contribution is 5.86. The average molecular weight is 287 g/mol. The number of nitrogens with one attached hydrogen (secondary N) is 2. The number of carboxylic acid groups (broad SMARTS) is 1. The summed E-state index contributed by atoms with van der Waals surface area (Å²) in [5, 5.41) is 14.6. The summed E-state index contributed by atoms with van der Waals surface area (Å²) in [6.45, 7) is 2.60. The van der Waals surface area contributed by atoms with E-state index in [1.54, 1.807) is 7.11 Å². The number of carbonyl (C=O) groups excluding carboxylic acids is 1. The standard InChI is InChI=1S/C13H25N3O4/c1-16(9-10-20-2)8-7-14-12(19)15-13(11(17)18)5-3-4-6-13/h3-10H2,1-2H3,(H,17,18)(H2,14,15,19). The van der Waals surface area contributed by atoms with Crippen molar-refractivity contribution < 1.29 is 19.4 Å². The van der Waals surface area contributed by atoms with E-state index in [1.165, 1.54) is 0 Å². The Balaban J connectivity index is 2.27. The van der Waals surface area contributed by atoms with Gasteiger partial charge in [-0.1, -0.05) is 12.8 Å². The zero-order valence-electron chi connectivity index (χ0n) is 12.3. The maximum absolute atomic E-state index is 11.8. The molecule has 20 heavy (non-hydrogen) atoms. The van der Waals surface area contributed by atoms with Gasteiger partial charge in [-0.25, -0.2) is 9.59 Å². The fourth-order valence-corrected chi connectivity index (χ4v) is 2.35. The Morgan fingerprint density at radius 1 is 1.30 bits per heavy atom. The lowest BCUT2D eigenvalue weighted by molar-refractivity contribution is -0.144. The third kappa shape index (κ3) is 4.97. The molecule has 0 bridgehead atoms. The van der Waals surface area contributed by atoms with Crippen molar-refractivity contribution in [3.63, 3.8) is 0 Å². The van der Waals surface area contributed by atoms with Crippen molar-refractivity contribution in [3.8, 4) is 0 Å². The molecule has 7 nitrogen and oxygen atoms in total. The molecule has 2 amide bonds. The number of aliphatic carboxylic acids is 1. The fourth-order valence-electron chi connectivity index (χ4n) is 2.35. The van der Waals surface area contributed by atoms with Crippen molar-refractivity contribution in [1.82, 2.24) is 15.5 Å². The summed E-state index contributed by atoms with van der Waals surface area (Å²) in [5.74, 6) is -0.942. The Bertz CT molecular complexity index is 330. The molecular weight excluding hydrogens is 262 g/mol. The number of likely N-dealkylation sites (N-methyl/N-ethyl adjacent to an activating group) is 1. The van der Waals surface area contributed by atoms with Gasteiger partial charge in [-0.2, -0.15) is 0 Å². The second kappa shape index (κ2) is 8.06. The summed E-state index contributed by atoms with van der Waals surface area (Å²) in [6, 6.07) is -0.408. The molecule has 0 aromatic rings. The summed E-state index contributed by atoms with van der Waals surface area (Å²) >= 11 is 0. The van der Waals surface area contributed by atoms with Crippen molar-refractivity contribution in [2.24, 2.45) is 0 Å². The molecule has 0 aromatic carbocycles. The van der Waals surface area contributed by atoms with Crippen molar-refractivity contribution >= 4 is 12.0 Å². The first kappa shape index (κ1) is 16.7. The van der Waals surface area contributed by atoms with E-state index >= 15 is 0 Å². The van der Waals surface area contributed by atoms with Crippen LogP contribution in [0.1, 0.15) is 25.7 Å². The zero-order valence-corrected chi connectivity index (χ0v) is 12.3. The molecule has 0 spiro atoms. The predicted octanol–water partition coefficient (Wildman–Crippen LogP) is 0.261. The van der Waals surface area contributed by atoms with E-state index in [0.29, 0.717) is 32.5 Å². The van der Waals surface area contributed by atoms with Crippen LogP contribution in [0, 0.1) is 0 Å². The third-order valence-corrected chi connectivity index (χ3v) is 3.68. The van der Waals surface area contributed by atoms with Gasteiger partial charge in [0.05, 0.1) is 6.61 Å². The van der Waals surface area contributed by atoms with Crippen LogP contribution in [-0.2, 0) is 9.53 Å². The number of methoxy groups -OCH3 is 1. The first-order valence-corrected chi connectivity index (χ1v) is 6.97. The Morgan fingerprint density at radius 2 is 1.95 bits per heavy atom. The van der Waals surface area contributed by atoms with Crippen LogP contribution in [0.2, 0.25) is 0 Å². The molecule has 116 valence electrons. The van der Waals surface area contributed by atoms with Gasteiger partial charge in [0.25, 0.3) is 0 Å². The van der Waals surface area contributed by atoms with E-state index in [-0.39, 0.29) is 0 Å². The molecule has 0 radical (unpaired) electrons. The number of nitrogens with zero attached hydrogens (tertiary/aromatic N) is 1. The van der Waals surface area contributed by atoms with Crippen LogP contribution in [-0.4, -0.2) is 67.9 Å². The zero-order chi connectivity index (χ0) is 15.0. The molecule has 1 aliphatic carbocycles. The molecule has 0 saturated heterocycles. The highest BCUT2D eigenvalue weighted by Gasteiger charge is 2.42. The van der Waals surface area contributed by atoms with Gasteiger partial charge in [0.15, 0.2) is 0 Å². The smallest absolute Gasteiger partial charge is 0.329 e. The third-order valence-electron chi connectivity index (χ3n) is 3.68. The number of rotatable bonds is 8. The van der Waals surface area contributed by atoms with E-state index in [1.807, 2.05) is 11.9 Å². The van der Waals surface area contributed by atoms with Crippen LogP contribution in [0.5, 0.6) is 0 Å². The van der Waals surface area contributed by atoms with Crippen molar-refractivity contribution in [2.45, 2.75) is 31.2 Å². The van der Waals surface area contributed by atoms with Gasteiger partial charge in [-0.15, -0.1) is 0 Å². The monoisotopic (exact) mass is 287 g/mol. The lowest BCUT2D eigenvalue weighted by atomic mass is 9.98. The Kier molecular flexibility index (Phi) is 6.74. The molecule has 1 aliphatic rings. The molecule has 7 heteroatoms. The van der Waals surface area contributed by atoms with Crippen molar-refractivity contribution in [3.05, 3.63) is 0 Å². The summed E-state index contributed by atoms with van der Waals surface area (Å²) in [5.41, 5.74) is -1.08. The molecule has 3 N–H and O–H groups in total. The largest absolute Gasteiger partial charge is 0.480 e. The van der Waals surface area contributed by atoms with Gasteiger partial charge in [0.2, 0.25) is 0 Å². The van der Waals surface area contributed by atoms with Gasteiger partial charge in [-0.3, -0.25) is 0 Å². The van der Waals surface area contributed by atoms with E-state index in [0.717, 1.165) is 19.4 Å². The summed E-state index contributed by atoms with van der Waals surface area (Å²) < 4.78 is 4.96. The Hall–Kier alpha value is -1.34. The summed E-state index contributed by atoms with van der Waals surface area (Å²) in [6.07, 6.45) is 2.69. The predicted molar refractivity (Wildman–Crippen MR) is 74.7 cm³/mol. The molecule has 1 fully saturated rings. The number of hydrogen-bond donors (Lipinski definition) is 3. The summed E-state index contributed by atoms with van der Waals surface area (Å²) in [7, 11) is 3.58. The van der Waals surface area contributed by atoms with Crippen molar-refractivity contribution in [2.75, 3.05) is 40.4 Å². The maximum Gasteiger partial charge on any atom is 0.329 e. The van der Waals surface area contributed by atoms with Gasteiger partial charge < -0.3 is 25.4 Å². The van der Waals surface area contributed by atoms with Crippen LogP contribution in [0.25, 0.3) is 0 Å². The van der Waals surface area contributed by atoms with Crippen LogP contribution in [0.15, 0.2) is 0 Å². The van der Waals surface area contributed by atoms with E-state index in [9.17, 15) is 14.7 Å². The normalized spacial score (nSPS) is 17.1. The van der Waals surface area contributed by atoms with Crippen LogP contribution >= 0.6 is 0 Å². The molecule has 0 atom stereocenters. The first-order valence-electron chi connectivity index (χ1n) is 6.97. The molecule has 1 saturated carbocycles. The van der Waals surface area contributed by atoms with Gasteiger partial charge in [0, 0.05) is 26.7 Å². The second-order valence-corrected chi connectivity index (χ2v) is 5.27. The SMILES string of the molecule is COCCN(C)CCNC(=O)NC1(C(=O)O)CCCC1. The lowest BCUT2D eigenvalue weighted by Crippen LogP contribution is -2.56. The topological polar surface area (TPSA) is 90.9 Å². The van der Waals surface area contributed by atoms with Gasteiger partial charge >= 0.3 is 12.0 Å². The second-order valence-electron chi connectivity index (χ2n) is 5.27. The quantitative estimate of drug-likeness (QED) is 0.596. The molecule has 0 aliphatic heterocycles. The number of carbonyl (C=O) groups is 2. The molecular formula is C13H25N3O4. The van der Waals surface area contributed by atoms with Crippen LogP contribution in [0.3, 0.4) is 0 Å². The van der Waals surface area contributed by atoms with Gasteiger partial charge in [-0.05, 0) is 19.9 Å². The fraction of sp³-hybridized carbons (Fsp3) is 0.846. The van der Waals surface area contributed by atoms with Crippen LogP contribution in [0.4, 0.5) is 4.79 Å². The molecule has 0 unspecified atom stereocenters. The molecule has 0 aromatic heterocycles. The highest BCUT2D eigenvalue weighted by Crippen LogP contribution is 2.29. The van der Waals surface area contributed by atoms with Crippen molar-refractivity contribution in [1.29, 1.82) is 0 Å². The minimum absolute atomic E-state index is 0.408. The first-order chi connectivity index (χ1) is 9.50. The Morgan fingerprint density at radius 3 is 2.50 bits per heavy atom. The van der Waals surface area contributed by atoms with Gasteiger partial charge in [0.1, 0.15) is 5.54 Å².